The summed E-state index contributed by atoms with van der Waals surface area (Å²) in [5, 5.41) is 0. The third-order valence-corrected chi connectivity index (χ3v) is 12.5. The lowest BCUT2D eigenvalue weighted by atomic mass is 9.33. The van der Waals surface area contributed by atoms with Crippen molar-refractivity contribution in [1.82, 2.24) is 0 Å². The Bertz CT molecular complexity index is 2190. The number of nitrogens with zero attached hydrogens (tertiary/aromatic N) is 2. The third-order valence-electron chi connectivity index (χ3n) is 12.5. The summed E-state index contributed by atoms with van der Waals surface area (Å²) >= 11 is 0. The fourth-order valence-corrected chi connectivity index (χ4v) is 9.77. The van der Waals surface area contributed by atoms with Gasteiger partial charge in [-0.1, -0.05) is 116 Å². The number of hydrogen-bond donors (Lipinski definition) is 0. The molecule has 2 aliphatic heterocycles. The highest BCUT2D eigenvalue weighted by molar-refractivity contribution is 7.00. The van der Waals surface area contributed by atoms with E-state index in [-0.39, 0.29) is 23.0 Å². The second-order valence-electron chi connectivity index (χ2n) is 19.0. The van der Waals surface area contributed by atoms with Crippen molar-refractivity contribution in [3.05, 3.63) is 124 Å². The Morgan fingerprint density at radius 3 is 1.43 bits per heavy atom. The Balaban J connectivity index is 1.40. The van der Waals surface area contributed by atoms with Crippen molar-refractivity contribution in [3.63, 3.8) is 0 Å². The number of fused-ring (bicyclic) bond motifs is 6. The number of rotatable bonds is 2. The molecule has 258 valence electrons. The highest BCUT2D eigenvalue weighted by Gasteiger charge is 2.49. The van der Waals surface area contributed by atoms with E-state index < -0.39 is 0 Å². The van der Waals surface area contributed by atoms with Crippen LogP contribution in [0.25, 0.3) is 0 Å². The van der Waals surface area contributed by atoms with Gasteiger partial charge in [0, 0.05) is 34.1 Å². The van der Waals surface area contributed by atoms with E-state index in [4.69, 9.17) is 0 Å². The molecule has 9 rings (SSSR count). The molecule has 1 unspecified atom stereocenters. The molecular formula is C48H53BN2. The van der Waals surface area contributed by atoms with Gasteiger partial charge >= 0.3 is 0 Å². The van der Waals surface area contributed by atoms with Gasteiger partial charge in [0.15, 0.2) is 0 Å². The van der Waals surface area contributed by atoms with E-state index in [0.717, 1.165) is 12.8 Å². The predicted octanol–water partition coefficient (Wildman–Crippen LogP) is 10.9. The first-order valence-corrected chi connectivity index (χ1v) is 19.4. The molecule has 0 saturated heterocycles. The average Bonchev–Trinajstić information content (AvgIpc) is 3.70. The lowest BCUT2D eigenvalue weighted by Crippen LogP contribution is -2.62. The summed E-state index contributed by atoms with van der Waals surface area (Å²) < 4.78 is 0. The van der Waals surface area contributed by atoms with Crippen LogP contribution in [-0.2, 0) is 29.1 Å². The van der Waals surface area contributed by atoms with E-state index in [9.17, 15) is 0 Å². The minimum absolute atomic E-state index is 0.0431. The van der Waals surface area contributed by atoms with Gasteiger partial charge in [0.05, 0.1) is 0 Å². The van der Waals surface area contributed by atoms with Crippen molar-refractivity contribution < 1.29 is 0 Å². The molecule has 2 nitrogen and oxygen atoms in total. The van der Waals surface area contributed by atoms with Gasteiger partial charge in [-0.25, -0.2) is 0 Å². The molecule has 2 heterocycles. The maximum absolute atomic E-state index is 2.68. The quantitative estimate of drug-likeness (QED) is 0.169. The largest absolute Gasteiger partial charge is 0.311 e. The molecule has 0 saturated carbocycles. The lowest BCUT2D eigenvalue weighted by molar-refractivity contribution is 0.590. The summed E-state index contributed by atoms with van der Waals surface area (Å²) in [5.41, 5.74) is 23.1. The van der Waals surface area contributed by atoms with Gasteiger partial charge in [0.25, 0.3) is 6.71 Å². The van der Waals surface area contributed by atoms with Crippen molar-refractivity contribution in [1.29, 1.82) is 0 Å². The number of anilines is 6. The van der Waals surface area contributed by atoms with E-state index in [1.54, 1.807) is 16.7 Å². The van der Waals surface area contributed by atoms with Crippen LogP contribution in [0.1, 0.15) is 120 Å². The summed E-state index contributed by atoms with van der Waals surface area (Å²) in [6.07, 6.45) is 4.86. The second-order valence-corrected chi connectivity index (χ2v) is 19.0. The lowest BCUT2D eigenvalue weighted by Gasteiger charge is -2.46. The zero-order valence-electron chi connectivity index (χ0n) is 32.5. The Labute approximate surface area is 307 Å². The minimum atomic E-state index is 0.0431. The molecule has 1 atom stereocenters. The van der Waals surface area contributed by atoms with Crippen LogP contribution in [0.15, 0.2) is 84.9 Å². The Morgan fingerprint density at radius 1 is 0.529 bits per heavy atom. The van der Waals surface area contributed by atoms with Gasteiger partial charge in [-0.2, -0.15) is 0 Å². The zero-order valence-corrected chi connectivity index (χ0v) is 32.5. The van der Waals surface area contributed by atoms with Crippen LogP contribution in [0.3, 0.4) is 0 Å². The summed E-state index contributed by atoms with van der Waals surface area (Å²) in [6, 6.07) is 33.7. The van der Waals surface area contributed by atoms with Crippen molar-refractivity contribution in [3.8, 4) is 0 Å². The Morgan fingerprint density at radius 2 is 0.961 bits per heavy atom. The Kier molecular flexibility index (Phi) is 6.97. The van der Waals surface area contributed by atoms with Crippen molar-refractivity contribution >= 4 is 57.2 Å². The summed E-state index contributed by atoms with van der Waals surface area (Å²) in [5.74, 6) is 0.661. The molecule has 0 bridgehead atoms. The number of benzene rings is 5. The molecule has 0 fully saturated rings. The molecule has 0 radical (unpaired) electrons. The first-order chi connectivity index (χ1) is 24.1. The van der Waals surface area contributed by atoms with Crippen LogP contribution in [0.4, 0.5) is 34.1 Å². The normalized spacial score (nSPS) is 17.4. The third kappa shape index (κ3) is 4.90. The van der Waals surface area contributed by atoms with Crippen LogP contribution < -0.4 is 26.2 Å². The molecule has 0 aromatic heterocycles. The van der Waals surface area contributed by atoms with Crippen molar-refractivity contribution in [2.45, 2.75) is 117 Å². The standard InChI is InChI=1S/C48H53BN2/c1-29-11-25-40-38(27-29)49-39-28-33(48(8,9)10)18-26-41(39)51(35-21-16-32(17-22-35)47(5,6)7)45-37-24-13-30-12-23-36(42(30)37)44(43(45)49)50(40)34-19-14-31(15-20-34)46(2,3)4/h11,14-22,25-28,30H,12-13,23-24H2,1-10H3. The molecule has 0 spiro atoms. The van der Waals surface area contributed by atoms with Gasteiger partial charge in [0.2, 0.25) is 0 Å². The molecule has 5 aromatic rings. The first kappa shape index (κ1) is 32.7. The van der Waals surface area contributed by atoms with Crippen molar-refractivity contribution in [2.24, 2.45) is 0 Å². The summed E-state index contributed by atoms with van der Waals surface area (Å²) in [7, 11) is 0. The van der Waals surface area contributed by atoms with E-state index in [1.165, 1.54) is 85.6 Å². The van der Waals surface area contributed by atoms with E-state index in [1.807, 2.05) is 0 Å². The molecule has 51 heavy (non-hydrogen) atoms. The average molecular weight is 669 g/mol. The van der Waals surface area contributed by atoms with E-state index >= 15 is 0 Å². The number of aryl methyl sites for hydroxylation is 1. The SMILES string of the molecule is Cc1ccc2c(c1)B1c3cc(C(C)(C)C)ccc3N(c3ccc(C(C)(C)C)cc3)c3c4c5c(c(c31)N2c1ccc(C(C)(C)C)cc1)CCC5CC4. The molecule has 2 aliphatic carbocycles. The molecular weight excluding hydrogens is 615 g/mol. The van der Waals surface area contributed by atoms with Gasteiger partial charge in [-0.3, -0.25) is 0 Å². The van der Waals surface area contributed by atoms with Gasteiger partial charge < -0.3 is 9.80 Å². The fraction of sp³-hybridized carbons (Fsp3) is 0.375. The van der Waals surface area contributed by atoms with Crippen LogP contribution >= 0.6 is 0 Å². The Hall–Kier alpha value is -4.24. The van der Waals surface area contributed by atoms with Gasteiger partial charge in [-0.05, 0) is 141 Å². The van der Waals surface area contributed by atoms with E-state index in [2.05, 4.69) is 164 Å². The van der Waals surface area contributed by atoms with Crippen LogP contribution in [-0.4, -0.2) is 6.71 Å². The molecule has 0 N–H and O–H groups in total. The molecule has 0 amide bonds. The maximum atomic E-state index is 2.68. The van der Waals surface area contributed by atoms with Crippen LogP contribution in [0, 0.1) is 6.92 Å². The van der Waals surface area contributed by atoms with Gasteiger partial charge in [0.1, 0.15) is 0 Å². The molecule has 3 heteroatoms. The van der Waals surface area contributed by atoms with Crippen LogP contribution in [0.2, 0.25) is 0 Å². The topological polar surface area (TPSA) is 6.48 Å². The smallest absolute Gasteiger partial charge is 0.252 e. The molecule has 4 aliphatic rings. The monoisotopic (exact) mass is 668 g/mol. The predicted molar refractivity (Wildman–Crippen MR) is 221 cm³/mol. The summed E-state index contributed by atoms with van der Waals surface area (Å²) in [4.78, 5) is 5.36. The highest BCUT2D eigenvalue weighted by atomic mass is 15.2. The van der Waals surface area contributed by atoms with Crippen LogP contribution in [0.5, 0.6) is 0 Å². The fourth-order valence-electron chi connectivity index (χ4n) is 9.77. The maximum Gasteiger partial charge on any atom is 0.252 e. The first-order valence-electron chi connectivity index (χ1n) is 19.4. The number of hydrogen-bond acceptors (Lipinski definition) is 2. The summed E-state index contributed by atoms with van der Waals surface area (Å²) in [6.45, 7) is 23.4. The van der Waals surface area contributed by atoms with Crippen molar-refractivity contribution in [2.75, 3.05) is 9.80 Å². The second kappa shape index (κ2) is 10.9. The van der Waals surface area contributed by atoms with Gasteiger partial charge in [-0.15, -0.1) is 0 Å². The molecule has 5 aromatic carbocycles. The van der Waals surface area contributed by atoms with E-state index in [0.29, 0.717) is 5.92 Å². The zero-order chi connectivity index (χ0) is 35.8. The highest BCUT2D eigenvalue weighted by Crippen LogP contribution is 2.56. The minimum Gasteiger partial charge on any atom is -0.311 e.